The molecule has 1 unspecified atom stereocenters. The van der Waals surface area contributed by atoms with Crippen LogP contribution in [0.4, 0.5) is 10.5 Å². The van der Waals surface area contributed by atoms with Gasteiger partial charge in [-0.05, 0) is 55.7 Å². The third-order valence-electron chi connectivity index (χ3n) is 5.28. The highest BCUT2D eigenvalue weighted by Crippen LogP contribution is 2.37. The van der Waals surface area contributed by atoms with Crippen LogP contribution in [0.2, 0.25) is 10.0 Å². The van der Waals surface area contributed by atoms with Crippen LogP contribution in [-0.2, 0) is 21.3 Å². The Labute approximate surface area is 205 Å². The lowest BCUT2D eigenvalue weighted by atomic mass is 9.91. The molecule has 0 aliphatic carbocycles. The first kappa shape index (κ1) is 25.0. The Kier molecular flexibility index (Phi) is 7.56. The highest BCUT2D eigenvalue weighted by Gasteiger charge is 2.54. The van der Waals surface area contributed by atoms with E-state index >= 15 is 0 Å². The summed E-state index contributed by atoms with van der Waals surface area (Å²) in [5.74, 6) is -0.849. The molecule has 32 heavy (non-hydrogen) atoms. The van der Waals surface area contributed by atoms with Crippen molar-refractivity contribution in [2.24, 2.45) is 0 Å². The summed E-state index contributed by atoms with van der Waals surface area (Å²) in [6, 6.07) is 11.4. The predicted octanol–water partition coefficient (Wildman–Crippen LogP) is 5.19. The Bertz CT molecular complexity index is 1120. The molecular weight excluding hydrogens is 543 g/mol. The first-order valence-electron chi connectivity index (χ1n) is 9.72. The number of hydrogen-bond donors (Lipinski definition) is 1. The van der Waals surface area contributed by atoms with Crippen LogP contribution in [0, 0.1) is 0 Å². The number of nitrogens with zero attached hydrogens (tertiary/aromatic N) is 2. The number of hydrogen-bond acceptors (Lipinski definition) is 4. The molecule has 1 fully saturated rings. The van der Waals surface area contributed by atoms with Crippen molar-refractivity contribution in [3.05, 3.63) is 62.5 Å². The molecule has 1 aliphatic heterocycles. The van der Waals surface area contributed by atoms with E-state index in [9.17, 15) is 18.0 Å². The van der Waals surface area contributed by atoms with Gasteiger partial charge in [0, 0.05) is 27.5 Å². The first-order valence-corrected chi connectivity index (χ1v) is 12.9. The van der Waals surface area contributed by atoms with Gasteiger partial charge < -0.3 is 4.90 Å². The molecule has 1 saturated heterocycles. The van der Waals surface area contributed by atoms with E-state index in [2.05, 4.69) is 15.9 Å². The summed E-state index contributed by atoms with van der Waals surface area (Å²) >= 11 is 15.6. The van der Waals surface area contributed by atoms with Gasteiger partial charge in [-0.1, -0.05) is 51.3 Å². The van der Waals surface area contributed by atoms with Gasteiger partial charge in [0.15, 0.2) is 0 Å². The van der Waals surface area contributed by atoms with Crippen molar-refractivity contribution in [1.82, 2.24) is 4.90 Å². The van der Waals surface area contributed by atoms with E-state index in [4.69, 9.17) is 27.8 Å². The second-order valence-electron chi connectivity index (χ2n) is 7.77. The van der Waals surface area contributed by atoms with Gasteiger partial charge in [0.05, 0.1) is 11.4 Å². The zero-order chi connectivity index (χ0) is 23.7. The Morgan fingerprint density at radius 1 is 1.03 bits per heavy atom. The van der Waals surface area contributed by atoms with Gasteiger partial charge in [0.25, 0.3) is 16.0 Å². The number of carbonyl (C=O) groups is 2. The molecule has 0 aromatic heterocycles. The monoisotopic (exact) mass is 562 g/mol. The SMILES string of the molecule is CC1(Cc2ccc(Br)cc2)C(=O)N(c2cc(Cl)cc(Cl)c2)C(=O)N1CCCCS(=O)(=O)O. The molecule has 0 saturated carbocycles. The molecule has 3 amide bonds. The first-order chi connectivity index (χ1) is 14.9. The number of amides is 3. The van der Waals surface area contributed by atoms with Crippen LogP contribution in [0.1, 0.15) is 25.3 Å². The fraction of sp³-hybridized carbons (Fsp3) is 0.333. The Morgan fingerprint density at radius 3 is 2.19 bits per heavy atom. The average molecular weight is 564 g/mol. The van der Waals surface area contributed by atoms with Crippen LogP contribution < -0.4 is 4.90 Å². The highest BCUT2D eigenvalue weighted by molar-refractivity contribution is 9.10. The summed E-state index contributed by atoms with van der Waals surface area (Å²) in [4.78, 5) is 29.4. The van der Waals surface area contributed by atoms with Gasteiger partial charge in [0.1, 0.15) is 5.54 Å². The predicted molar refractivity (Wildman–Crippen MR) is 128 cm³/mol. The molecule has 11 heteroatoms. The van der Waals surface area contributed by atoms with Crippen LogP contribution in [0.25, 0.3) is 0 Å². The van der Waals surface area contributed by atoms with Crippen LogP contribution >= 0.6 is 39.1 Å². The number of urea groups is 1. The number of carbonyl (C=O) groups excluding carboxylic acids is 2. The van der Waals surface area contributed by atoms with E-state index in [0.717, 1.165) is 14.9 Å². The quantitative estimate of drug-likeness (QED) is 0.271. The van der Waals surface area contributed by atoms with E-state index in [0.29, 0.717) is 6.42 Å². The summed E-state index contributed by atoms with van der Waals surface area (Å²) in [5.41, 5.74) is -0.0941. The third-order valence-corrected chi connectivity index (χ3v) is 7.05. The summed E-state index contributed by atoms with van der Waals surface area (Å²) in [6.07, 6.45) is 0.695. The minimum Gasteiger partial charge on any atom is -0.309 e. The molecule has 1 aliphatic rings. The summed E-state index contributed by atoms with van der Waals surface area (Å²) in [6.45, 7) is 1.82. The molecule has 172 valence electrons. The summed E-state index contributed by atoms with van der Waals surface area (Å²) < 4.78 is 31.9. The van der Waals surface area contributed by atoms with Crippen molar-refractivity contribution in [3.8, 4) is 0 Å². The molecule has 2 aromatic carbocycles. The lowest BCUT2D eigenvalue weighted by Crippen LogP contribution is -2.49. The van der Waals surface area contributed by atoms with Crippen LogP contribution in [0.3, 0.4) is 0 Å². The van der Waals surface area contributed by atoms with Crippen molar-refractivity contribution < 1.29 is 22.6 Å². The largest absolute Gasteiger partial charge is 0.332 e. The minimum atomic E-state index is -4.10. The van der Waals surface area contributed by atoms with E-state index in [1.807, 2.05) is 24.3 Å². The van der Waals surface area contributed by atoms with Crippen molar-refractivity contribution in [3.63, 3.8) is 0 Å². The van der Waals surface area contributed by atoms with Crippen molar-refractivity contribution >= 4 is 66.9 Å². The van der Waals surface area contributed by atoms with Crippen molar-refractivity contribution in [2.45, 2.75) is 31.7 Å². The van der Waals surface area contributed by atoms with Crippen molar-refractivity contribution in [2.75, 3.05) is 17.2 Å². The number of unbranched alkanes of at least 4 members (excludes halogenated alkanes) is 1. The Morgan fingerprint density at radius 2 is 1.62 bits per heavy atom. The topological polar surface area (TPSA) is 95.0 Å². The molecule has 1 atom stereocenters. The molecule has 3 rings (SSSR count). The van der Waals surface area contributed by atoms with Gasteiger partial charge in [-0.25, -0.2) is 9.69 Å². The van der Waals surface area contributed by atoms with Gasteiger partial charge >= 0.3 is 6.03 Å². The lowest BCUT2D eigenvalue weighted by molar-refractivity contribution is -0.124. The van der Waals surface area contributed by atoms with E-state index in [1.165, 1.54) is 23.1 Å². The maximum Gasteiger partial charge on any atom is 0.332 e. The van der Waals surface area contributed by atoms with Gasteiger partial charge in [-0.3, -0.25) is 9.35 Å². The second kappa shape index (κ2) is 9.69. The summed E-state index contributed by atoms with van der Waals surface area (Å²) in [5, 5.41) is 0.573. The molecule has 0 spiro atoms. The van der Waals surface area contributed by atoms with Gasteiger partial charge in [-0.2, -0.15) is 8.42 Å². The number of benzene rings is 2. The fourth-order valence-electron chi connectivity index (χ4n) is 3.74. The van der Waals surface area contributed by atoms with Crippen molar-refractivity contribution in [1.29, 1.82) is 0 Å². The number of imide groups is 1. The molecule has 7 nitrogen and oxygen atoms in total. The third kappa shape index (κ3) is 5.63. The van der Waals surface area contributed by atoms with Gasteiger partial charge in [-0.15, -0.1) is 0 Å². The van der Waals surface area contributed by atoms with E-state index < -0.39 is 33.3 Å². The number of rotatable bonds is 8. The average Bonchev–Trinajstić information content (AvgIpc) is 2.85. The van der Waals surface area contributed by atoms with Crippen LogP contribution in [-0.4, -0.2) is 47.6 Å². The smallest absolute Gasteiger partial charge is 0.309 e. The normalized spacial score (nSPS) is 19.2. The summed E-state index contributed by atoms with van der Waals surface area (Å²) in [7, 11) is -4.10. The maximum atomic E-state index is 13.6. The van der Waals surface area contributed by atoms with Gasteiger partial charge in [0.2, 0.25) is 0 Å². The zero-order valence-electron chi connectivity index (χ0n) is 17.1. The molecule has 0 radical (unpaired) electrons. The van der Waals surface area contributed by atoms with E-state index in [-0.39, 0.29) is 35.1 Å². The second-order valence-corrected chi connectivity index (χ2v) is 11.1. The maximum absolute atomic E-state index is 13.6. The minimum absolute atomic E-state index is 0.137. The van der Waals surface area contributed by atoms with Crippen LogP contribution in [0.15, 0.2) is 46.9 Å². The highest BCUT2D eigenvalue weighted by atomic mass is 79.9. The number of anilines is 1. The zero-order valence-corrected chi connectivity index (χ0v) is 21.0. The number of halogens is 3. The molecule has 0 bridgehead atoms. The van der Waals surface area contributed by atoms with Crippen LogP contribution in [0.5, 0.6) is 0 Å². The molecule has 2 aromatic rings. The molecule has 1 N–H and O–H groups in total. The van der Waals surface area contributed by atoms with E-state index in [1.54, 1.807) is 6.92 Å². The fourth-order valence-corrected chi connectivity index (χ4v) is 5.09. The Balaban J connectivity index is 1.94. The molecule has 1 heterocycles. The Hall–Kier alpha value is -1.65. The molecular formula is C21H21BrCl2N2O5S. The lowest BCUT2D eigenvalue weighted by Gasteiger charge is -2.32. The standard InChI is InChI=1S/C21H21BrCl2N2O5S/c1-21(13-14-4-6-15(22)7-5-14)19(27)26(18-11-16(23)10-17(24)12-18)20(28)25(21)8-2-3-9-32(29,30)31/h4-7,10-12H,2-3,8-9,13H2,1H3,(H,29,30,31).